The lowest BCUT2D eigenvalue weighted by Gasteiger charge is -2.32. The molecule has 138 valence electrons. The average Bonchev–Trinajstić information content (AvgIpc) is 3.11. The van der Waals surface area contributed by atoms with E-state index in [1.807, 2.05) is 41.9 Å². The summed E-state index contributed by atoms with van der Waals surface area (Å²) in [6.45, 7) is 2.03. The molecule has 0 saturated heterocycles. The smallest absolute Gasteiger partial charge is 0.240 e. The molecule has 1 aromatic heterocycles. The second kappa shape index (κ2) is 7.62. The molecular weight excluding hydrogens is 382 g/mol. The molecule has 8 heteroatoms. The standard InChI is InChI=1S/C19H18ClN5OS/c1-2-15-22-23-19-25(15)24-16(12-6-4-3-5-7-12)17(27-19)18(26)21-14-10-8-13(20)9-11-14/h3-11,16-17,24H,2H2,1H3,(H,21,26)/t16-,17+/m0/s1. The topological polar surface area (TPSA) is 71.8 Å². The Morgan fingerprint density at radius 1 is 1.19 bits per heavy atom. The predicted molar refractivity (Wildman–Crippen MR) is 108 cm³/mol. The highest BCUT2D eigenvalue weighted by Gasteiger charge is 2.37. The third kappa shape index (κ3) is 3.65. The van der Waals surface area contributed by atoms with E-state index < -0.39 is 5.25 Å². The van der Waals surface area contributed by atoms with Crippen LogP contribution in [0.4, 0.5) is 5.69 Å². The molecule has 2 heterocycles. The molecule has 0 saturated carbocycles. The van der Waals surface area contributed by atoms with Gasteiger partial charge in [-0.2, -0.15) is 0 Å². The third-order valence-electron chi connectivity index (χ3n) is 4.35. The first-order valence-corrected chi connectivity index (χ1v) is 9.90. The van der Waals surface area contributed by atoms with Gasteiger partial charge in [0.1, 0.15) is 5.25 Å². The van der Waals surface area contributed by atoms with Gasteiger partial charge in [-0.05, 0) is 29.8 Å². The van der Waals surface area contributed by atoms with Crippen LogP contribution >= 0.6 is 23.4 Å². The molecule has 2 atom stereocenters. The summed E-state index contributed by atoms with van der Waals surface area (Å²) in [7, 11) is 0. The van der Waals surface area contributed by atoms with Crippen molar-refractivity contribution in [3.63, 3.8) is 0 Å². The Labute approximate surface area is 166 Å². The quantitative estimate of drug-likeness (QED) is 0.696. The number of fused-ring (bicyclic) bond motifs is 1. The first-order chi connectivity index (χ1) is 13.2. The van der Waals surface area contributed by atoms with E-state index in [4.69, 9.17) is 11.6 Å². The van der Waals surface area contributed by atoms with Gasteiger partial charge in [0.05, 0.1) is 6.04 Å². The Bertz CT molecular complexity index is 944. The van der Waals surface area contributed by atoms with E-state index >= 15 is 0 Å². The number of hydrogen-bond donors (Lipinski definition) is 2. The second-order valence-electron chi connectivity index (χ2n) is 6.14. The van der Waals surface area contributed by atoms with Crippen molar-refractivity contribution in [2.24, 2.45) is 0 Å². The van der Waals surface area contributed by atoms with Gasteiger partial charge in [0, 0.05) is 17.1 Å². The largest absolute Gasteiger partial charge is 0.325 e. The first-order valence-electron chi connectivity index (χ1n) is 8.64. The number of halogens is 1. The van der Waals surface area contributed by atoms with E-state index in [1.165, 1.54) is 11.8 Å². The Kier molecular flexibility index (Phi) is 5.05. The fourth-order valence-electron chi connectivity index (χ4n) is 2.98. The lowest BCUT2D eigenvalue weighted by Crippen LogP contribution is -2.41. The van der Waals surface area contributed by atoms with Crippen molar-refractivity contribution in [3.8, 4) is 0 Å². The van der Waals surface area contributed by atoms with Crippen molar-refractivity contribution in [3.05, 3.63) is 71.0 Å². The maximum atomic E-state index is 13.1. The van der Waals surface area contributed by atoms with Crippen LogP contribution in [0.1, 0.15) is 24.4 Å². The van der Waals surface area contributed by atoms with E-state index in [2.05, 4.69) is 20.9 Å². The number of amides is 1. The first kappa shape index (κ1) is 17.9. The summed E-state index contributed by atoms with van der Waals surface area (Å²) in [4.78, 5) is 13.1. The van der Waals surface area contributed by atoms with Crippen molar-refractivity contribution in [2.45, 2.75) is 29.8 Å². The lowest BCUT2D eigenvalue weighted by molar-refractivity contribution is -0.116. The molecule has 4 rings (SSSR count). The van der Waals surface area contributed by atoms with Crippen LogP contribution in [-0.2, 0) is 11.2 Å². The van der Waals surface area contributed by atoms with Crippen LogP contribution < -0.4 is 10.7 Å². The summed E-state index contributed by atoms with van der Waals surface area (Å²) in [5.41, 5.74) is 5.16. The SMILES string of the molecule is CCc1nnc2n1N[C@@H](c1ccccc1)[C@H](C(=O)Nc1ccc(Cl)cc1)S2. The zero-order valence-electron chi connectivity index (χ0n) is 14.6. The molecule has 3 aromatic rings. The number of thioether (sulfide) groups is 1. The summed E-state index contributed by atoms with van der Waals surface area (Å²) in [5.74, 6) is 0.742. The van der Waals surface area contributed by atoms with Crippen molar-refractivity contribution in [1.29, 1.82) is 0 Å². The molecule has 0 aliphatic carbocycles. The molecule has 0 spiro atoms. The third-order valence-corrected chi connectivity index (χ3v) is 5.82. The number of aromatic nitrogens is 3. The monoisotopic (exact) mass is 399 g/mol. The Balaban J connectivity index is 1.65. The minimum atomic E-state index is -0.399. The Morgan fingerprint density at radius 2 is 1.93 bits per heavy atom. The molecule has 1 aliphatic rings. The van der Waals surface area contributed by atoms with Gasteiger partial charge < -0.3 is 10.7 Å². The molecule has 27 heavy (non-hydrogen) atoms. The minimum Gasteiger partial charge on any atom is -0.325 e. The molecule has 0 radical (unpaired) electrons. The van der Waals surface area contributed by atoms with Gasteiger partial charge in [-0.15, -0.1) is 10.2 Å². The number of carbonyl (C=O) groups is 1. The number of aryl methyl sites for hydroxylation is 1. The average molecular weight is 400 g/mol. The van der Waals surface area contributed by atoms with E-state index in [-0.39, 0.29) is 11.9 Å². The normalized spacial score (nSPS) is 18.4. The predicted octanol–water partition coefficient (Wildman–Crippen LogP) is 3.89. The molecule has 0 fully saturated rings. The zero-order valence-corrected chi connectivity index (χ0v) is 16.2. The van der Waals surface area contributed by atoms with E-state index in [0.29, 0.717) is 15.9 Å². The van der Waals surface area contributed by atoms with Crippen molar-refractivity contribution in [2.75, 3.05) is 10.7 Å². The van der Waals surface area contributed by atoms with Gasteiger partial charge in [0.15, 0.2) is 5.82 Å². The lowest BCUT2D eigenvalue weighted by atomic mass is 10.0. The number of nitrogens with zero attached hydrogens (tertiary/aromatic N) is 3. The molecule has 6 nitrogen and oxygen atoms in total. The van der Waals surface area contributed by atoms with Gasteiger partial charge in [0.2, 0.25) is 11.1 Å². The van der Waals surface area contributed by atoms with Crippen LogP contribution in [0.5, 0.6) is 0 Å². The fraction of sp³-hybridized carbons (Fsp3) is 0.211. The number of anilines is 1. The van der Waals surface area contributed by atoms with Gasteiger partial charge in [-0.1, -0.05) is 60.6 Å². The number of rotatable bonds is 4. The van der Waals surface area contributed by atoms with Crippen LogP contribution in [0.15, 0.2) is 59.8 Å². The Morgan fingerprint density at radius 3 is 2.63 bits per heavy atom. The van der Waals surface area contributed by atoms with Gasteiger partial charge in [-0.3, -0.25) is 4.79 Å². The summed E-state index contributed by atoms with van der Waals surface area (Å²) in [6.07, 6.45) is 0.754. The van der Waals surface area contributed by atoms with Crippen molar-refractivity contribution < 1.29 is 4.79 Å². The summed E-state index contributed by atoms with van der Waals surface area (Å²) >= 11 is 7.34. The highest BCUT2D eigenvalue weighted by Crippen LogP contribution is 2.37. The molecule has 1 amide bonds. The van der Waals surface area contributed by atoms with Crippen LogP contribution in [0.3, 0.4) is 0 Å². The molecular formula is C19H18ClN5OS. The molecule has 2 aromatic carbocycles. The molecule has 0 bridgehead atoms. The summed E-state index contributed by atoms with van der Waals surface area (Å²) < 4.78 is 1.88. The summed E-state index contributed by atoms with van der Waals surface area (Å²) in [5, 5.41) is 12.3. The van der Waals surface area contributed by atoms with Crippen LogP contribution in [-0.4, -0.2) is 26.0 Å². The van der Waals surface area contributed by atoms with E-state index in [0.717, 1.165) is 17.8 Å². The van der Waals surface area contributed by atoms with Crippen LogP contribution in [0, 0.1) is 0 Å². The molecule has 2 N–H and O–H groups in total. The summed E-state index contributed by atoms with van der Waals surface area (Å²) in [6, 6.07) is 16.8. The Hall–Kier alpha value is -2.51. The van der Waals surface area contributed by atoms with Crippen molar-refractivity contribution >= 4 is 35.0 Å². The number of benzene rings is 2. The van der Waals surface area contributed by atoms with Crippen LogP contribution in [0.25, 0.3) is 0 Å². The molecule has 1 aliphatic heterocycles. The maximum Gasteiger partial charge on any atom is 0.240 e. The van der Waals surface area contributed by atoms with E-state index in [1.54, 1.807) is 24.3 Å². The number of nitrogens with one attached hydrogen (secondary N) is 2. The van der Waals surface area contributed by atoms with Crippen molar-refractivity contribution in [1.82, 2.24) is 14.9 Å². The maximum absolute atomic E-state index is 13.1. The van der Waals surface area contributed by atoms with Gasteiger partial charge >= 0.3 is 0 Å². The highest BCUT2D eigenvalue weighted by atomic mass is 35.5. The van der Waals surface area contributed by atoms with Gasteiger partial charge in [0.25, 0.3) is 0 Å². The fourth-order valence-corrected chi connectivity index (χ4v) is 4.21. The second-order valence-corrected chi connectivity index (χ2v) is 7.68. The highest BCUT2D eigenvalue weighted by molar-refractivity contribution is 8.00. The van der Waals surface area contributed by atoms with Crippen LogP contribution in [0.2, 0.25) is 5.02 Å². The van der Waals surface area contributed by atoms with Gasteiger partial charge in [-0.25, -0.2) is 4.68 Å². The van der Waals surface area contributed by atoms with E-state index in [9.17, 15) is 4.79 Å². The number of hydrogen-bond acceptors (Lipinski definition) is 5. The molecule has 0 unspecified atom stereocenters. The number of carbonyl (C=O) groups excluding carboxylic acids is 1. The minimum absolute atomic E-state index is 0.101. The zero-order chi connectivity index (χ0) is 18.8.